The molecule has 1 unspecified atom stereocenters. The second kappa shape index (κ2) is 3.54. The molecule has 0 rings (SSSR count). The van der Waals surface area contributed by atoms with Crippen molar-refractivity contribution < 1.29 is 34.7 Å². The third-order valence-electron chi connectivity index (χ3n) is 0.614. The van der Waals surface area contributed by atoms with Crippen LogP contribution in [-0.2, 0) is 14.6 Å². The lowest BCUT2D eigenvalue weighted by atomic mass is 10.4. The van der Waals surface area contributed by atoms with Gasteiger partial charge in [0.1, 0.15) is 6.42 Å². The summed E-state index contributed by atoms with van der Waals surface area (Å²) in [4.78, 5) is 0. The van der Waals surface area contributed by atoms with Crippen LogP contribution in [0.5, 0.6) is 0 Å². The predicted octanol–water partition coefficient (Wildman–Crippen LogP) is 0.711. The summed E-state index contributed by atoms with van der Waals surface area (Å²) in [5.74, 6) is 0. The van der Waals surface area contributed by atoms with Gasteiger partial charge in [-0.1, -0.05) is 0 Å². The highest BCUT2D eigenvalue weighted by Gasteiger charge is 2.33. The first kappa shape index (κ1) is 11.6. The molecule has 0 amide bonds. The molecule has 0 saturated carbocycles. The van der Waals surface area contributed by atoms with Gasteiger partial charge in [0.15, 0.2) is 0 Å². The van der Waals surface area contributed by atoms with Crippen molar-refractivity contribution in [3.05, 3.63) is 0 Å². The van der Waals surface area contributed by atoms with Crippen molar-refractivity contribution >= 4 is 10.4 Å². The van der Waals surface area contributed by atoms with E-state index >= 15 is 0 Å². The van der Waals surface area contributed by atoms with Crippen LogP contribution in [0.15, 0.2) is 0 Å². The summed E-state index contributed by atoms with van der Waals surface area (Å²) in [7, 11) is -5.42. The zero-order chi connectivity index (χ0) is 9.99. The van der Waals surface area contributed by atoms with E-state index in [4.69, 9.17) is 0 Å². The molecule has 0 aliphatic carbocycles. The van der Waals surface area contributed by atoms with E-state index < -0.39 is 29.4 Å². The summed E-state index contributed by atoms with van der Waals surface area (Å²) in [5.41, 5.74) is 0. The average molecular weight is 211 g/mol. The second-order valence-corrected chi connectivity index (χ2v) is 2.74. The molecule has 0 aromatic rings. The molecule has 0 aliphatic rings. The van der Waals surface area contributed by atoms with E-state index in [1.54, 1.807) is 0 Å². The monoisotopic (exact) mass is 211 g/mol. The average Bonchev–Trinajstić information content (AvgIpc) is 1.49. The van der Waals surface area contributed by atoms with Crippen LogP contribution in [0.25, 0.3) is 0 Å². The Kier molecular flexibility index (Phi) is 3.42. The Balaban J connectivity index is 4.00. The van der Waals surface area contributed by atoms with Crippen molar-refractivity contribution in [2.24, 2.45) is 0 Å². The zero-order valence-electron chi connectivity index (χ0n) is 5.34. The fourth-order valence-electron chi connectivity index (χ4n) is 0.344. The Bertz CT molecular complexity index is 231. The van der Waals surface area contributed by atoms with Crippen LogP contribution < -0.4 is 0 Å². The molecule has 0 heterocycles. The van der Waals surface area contributed by atoms with Gasteiger partial charge in [0.05, 0.1) is 0 Å². The number of halogens is 4. The van der Waals surface area contributed by atoms with Crippen molar-refractivity contribution in [2.45, 2.75) is 19.0 Å². The molecule has 0 saturated heterocycles. The minimum atomic E-state index is -5.42. The fraction of sp³-hybridized carbons (Fsp3) is 1.00. The summed E-state index contributed by atoms with van der Waals surface area (Å²) in [6.07, 6.45) is -10.2. The molecule has 0 bridgehead atoms. The Hall–Kier alpha value is -0.410. The lowest BCUT2D eigenvalue weighted by molar-refractivity contribution is -0.166. The maximum Gasteiger partial charge on any atom is 0.394 e. The maximum absolute atomic E-state index is 11.9. The molecule has 0 aromatic heterocycles. The van der Waals surface area contributed by atoms with Crippen molar-refractivity contribution in [3.63, 3.8) is 0 Å². The minimum absolute atomic E-state index is 2.13. The Morgan fingerprint density at radius 1 is 1.42 bits per heavy atom. The highest BCUT2D eigenvalue weighted by Crippen LogP contribution is 2.23. The molecule has 12 heavy (non-hydrogen) atoms. The van der Waals surface area contributed by atoms with Gasteiger partial charge >= 0.3 is 6.18 Å². The van der Waals surface area contributed by atoms with Gasteiger partial charge in [0, 0.05) is 0 Å². The van der Waals surface area contributed by atoms with Gasteiger partial charge in [-0.05, 0) is 0 Å². The van der Waals surface area contributed by atoms with E-state index in [-0.39, 0.29) is 0 Å². The Labute approximate surface area is 65.1 Å². The number of hydrogen-bond donors (Lipinski definition) is 0. The maximum atomic E-state index is 11.9. The zero-order valence-corrected chi connectivity index (χ0v) is 6.15. The van der Waals surface area contributed by atoms with Gasteiger partial charge in [0.2, 0.25) is 16.8 Å². The van der Waals surface area contributed by atoms with Crippen LogP contribution in [0.4, 0.5) is 17.6 Å². The summed E-state index contributed by atoms with van der Waals surface area (Å²) in [6, 6.07) is 0. The first-order valence-electron chi connectivity index (χ1n) is 2.45. The third kappa shape index (κ3) is 7.69. The molecule has 0 radical (unpaired) electrons. The largest absolute Gasteiger partial charge is 0.725 e. The van der Waals surface area contributed by atoms with Crippen LogP contribution in [0.3, 0.4) is 0 Å². The second-order valence-electron chi connectivity index (χ2n) is 1.73. The lowest BCUT2D eigenvalue weighted by Gasteiger charge is -2.13. The molecule has 1 atom stereocenters. The van der Waals surface area contributed by atoms with Crippen molar-refractivity contribution in [1.82, 2.24) is 0 Å². The van der Waals surface area contributed by atoms with E-state index in [2.05, 4.69) is 4.18 Å². The number of hydrogen-bond acceptors (Lipinski definition) is 4. The minimum Gasteiger partial charge on any atom is -0.725 e. The molecule has 0 aliphatic heterocycles. The van der Waals surface area contributed by atoms with Gasteiger partial charge in [0.25, 0.3) is 0 Å². The van der Waals surface area contributed by atoms with E-state index in [1.165, 1.54) is 0 Å². The summed E-state index contributed by atoms with van der Waals surface area (Å²) < 4.78 is 77.1. The summed E-state index contributed by atoms with van der Waals surface area (Å²) >= 11 is 0. The first-order valence-corrected chi connectivity index (χ1v) is 3.78. The van der Waals surface area contributed by atoms with Crippen molar-refractivity contribution in [2.75, 3.05) is 0 Å². The van der Waals surface area contributed by atoms with Crippen molar-refractivity contribution in [3.8, 4) is 0 Å². The van der Waals surface area contributed by atoms with Gasteiger partial charge in [-0.15, -0.1) is 0 Å². The van der Waals surface area contributed by atoms with E-state index in [1.807, 2.05) is 0 Å². The van der Waals surface area contributed by atoms with E-state index in [9.17, 15) is 30.5 Å². The smallest absolute Gasteiger partial charge is 0.394 e. The standard InChI is InChI=1S/C3H4F4O4S/c4-2(1-3(5,6)7)11-12(8,9)10/h2H,1H2,(H,8,9,10)/p-1. The third-order valence-corrected chi connectivity index (χ3v) is 1.06. The molecule has 4 nitrogen and oxygen atoms in total. The number of alkyl halides is 4. The first-order chi connectivity index (χ1) is 5.10. The molecule has 9 heteroatoms. The van der Waals surface area contributed by atoms with E-state index in [0.717, 1.165) is 0 Å². The van der Waals surface area contributed by atoms with Crippen LogP contribution in [-0.4, -0.2) is 25.5 Å². The Morgan fingerprint density at radius 2 is 1.83 bits per heavy atom. The van der Waals surface area contributed by atoms with Gasteiger partial charge in [-0.2, -0.15) is 13.2 Å². The van der Waals surface area contributed by atoms with Gasteiger partial charge in [-0.25, -0.2) is 17.0 Å². The lowest BCUT2D eigenvalue weighted by Crippen LogP contribution is -2.21. The molecular weight excluding hydrogens is 208 g/mol. The fourth-order valence-corrected chi connectivity index (χ4v) is 0.668. The normalized spacial score (nSPS) is 16.1. The predicted molar refractivity (Wildman–Crippen MR) is 26.4 cm³/mol. The van der Waals surface area contributed by atoms with Crippen LogP contribution >= 0.6 is 0 Å². The molecule has 0 N–H and O–H groups in total. The highest BCUT2D eigenvalue weighted by atomic mass is 32.3. The summed E-state index contributed by atoms with van der Waals surface area (Å²) in [5, 5.41) is 0. The molecule has 0 fully saturated rings. The van der Waals surface area contributed by atoms with Crippen LogP contribution in [0.2, 0.25) is 0 Å². The topological polar surface area (TPSA) is 66.4 Å². The summed E-state index contributed by atoms with van der Waals surface area (Å²) in [6.45, 7) is 0. The SMILES string of the molecule is O=S(=O)([O-])OC(F)CC(F)(F)F. The van der Waals surface area contributed by atoms with Crippen molar-refractivity contribution in [1.29, 1.82) is 0 Å². The van der Waals surface area contributed by atoms with E-state index in [0.29, 0.717) is 0 Å². The quantitative estimate of drug-likeness (QED) is 0.391. The van der Waals surface area contributed by atoms with Gasteiger partial charge in [-0.3, -0.25) is 0 Å². The molecule has 74 valence electrons. The van der Waals surface area contributed by atoms with Crippen LogP contribution in [0, 0.1) is 0 Å². The van der Waals surface area contributed by atoms with Crippen LogP contribution in [0.1, 0.15) is 6.42 Å². The molecular formula is C3H3F4O4S-. The molecule has 0 spiro atoms. The Morgan fingerprint density at radius 3 is 2.08 bits per heavy atom. The number of rotatable bonds is 3. The highest BCUT2D eigenvalue weighted by molar-refractivity contribution is 7.80. The molecule has 0 aromatic carbocycles. The van der Waals surface area contributed by atoms with Gasteiger partial charge < -0.3 is 4.55 Å².